The molecule has 1 fully saturated rings. The van der Waals surface area contributed by atoms with Crippen molar-refractivity contribution in [1.82, 2.24) is 0 Å². The van der Waals surface area contributed by atoms with Gasteiger partial charge in [0.25, 0.3) is 0 Å². The summed E-state index contributed by atoms with van der Waals surface area (Å²) < 4.78 is 65.8. The Hall–Kier alpha value is -3.34. The number of allylic oxidation sites excluding steroid dienone is 3. The molecule has 0 heterocycles. The van der Waals surface area contributed by atoms with Crippen LogP contribution in [-0.4, -0.2) is 6.61 Å². The number of hydrogen-bond donors (Lipinski definition) is 0. The van der Waals surface area contributed by atoms with Crippen LogP contribution in [0.2, 0.25) is 0 Å². The maximum Gasteiger partial charge on any atom is 0.201 e. The molecule has 2 aliphatic carbocycles. The van der Waals surface area contributed by atoms with Crippen LogP contribution in [0.3, 0.4) is 0 Å². The molecule has 2 aliphatic rings. The van der Waals surface area contributed by atoms with Gasteiger partial charge >= 0.3 is 0 Å². The molecule has 5 rings (SSSR count). The van der Waals surface area contributed by atoms with Crippen LogP contribution in [0.5, 0.6) is 5.75 Å². The third-order valence-electron chi connectivity index (χ3n) is 10.3. The number of rotatable bonds is 14. The van der Waals surface area contributed by atoms with E-state index in [-0.39, 0.29) is 23.5 Å². The van der Waals surface area contributed by atoms with Crippen molar-refractivity contribution in [2.75, 3.05) is 6.61 Å². The Kier molecular flexibility index (Phi) is 12.2. The fourth-order valence-electron chi connectivity index (χ4n) is 7.46. The lowest BCUT2D eigenvalue weighted by molar-refractivity contribution is 0.187. The summed E-state index contributed by atoms with van der Waals surface area (Å²) >= 11 is 0. The van der Waals surface area contributed by atoms with E-state index in [2.05, 4.69) is 19.6 Å². The van der Waals surface area contributed by atoms with Crippen LogP contribution < -0.4 is 4.74 Å². The molecule has 0 amide bonds. The molecule has 5 heteroatoms. The van der Waals surface area contributed by atoms with E-state index in [1.54, 1.807) is 42.5 Å². The predicted octanol–water partition coefficient (Wildman–Crippen LogP) is 12.9. The topological polar surface area (TPSA) is 9.23 Å². The molecule has 0 aromatic heterocycles. The summed E-state index contributed by atoms with van der Waals surface area (Å²) in [6.45, 7) is 6.15. The molecule has 0 spiro atoms. The SMILES string of the molecule is C=CCCCOc1ccc(-c2ccc(-c3ccc(C4=CCC(C5CCC(CCCCCC)CC5)CC4)c(F)c3F)cc2)c(F)c1F. The minimum absolute atomic E-state index is 0.0717. The van der Waals surface area contributed by atoms with Gasteiger partial charge < -0.3 is 4.74 Å². The first-order valence-electron chi connectivity index (χ1n) is 17.4. The molecule has 246 valence electrons. The Labute approximate surface area is 272 Å². The molecule has 0 bridgehead atoms. The average Bonchev–Trinajstić information content (AvgIpc) is 3.09. The van der Waals surface area contributed by atoms with E-state index in [1.165, 1.54) is 69.9 Å². The van der Waals surface area contributed by atoms with E-state index in [9.17, 15) is 8.78 Å². The summed E-state index contributed by atoms with van der Waals surface area (Å²) in [6.07, 6.45) is 20.0. The fraction of sp³-hybridized carbons (Fsp3) is 0.463. The van der Waals surface area contributed by atoms with Crippen LogP contribution in [0.4, 0.5) is 17.6 Å². The molecule has 1 unspecified atom stereocenters. The van der Waals surface area contributed by atoms with Gasteiger partial charge in [-0.15, -0.1) is 6.58 Å². The zero-order valence-corrected chi connectivity index (χ0v) is 27.2. The van der Waals surface area contributed by atoms with Gasteiger partial charge in [0.2, 0.25) is 5.82 Å². The highest BCUT2D eigenvalue weighted by atomic mass is 19.2. The van der Waals surface area contributed by atoms with Gasteiger partial charge in [-0.25, -0.2) is 13.2 Å². The largest absolute Gasteiger partial charge is 0.490 e. The highest BCUT2D eigenvalue weighted by Crippen LogP contribution is 2.43. The van der Waals surface area contributed by atoms with Crippen LogP contribution in [0.15, 0.2) is 67.3 Å². The summed E-state index contributed by atoms with van der Waals surface area (Å²) in [4.78, 5) is 0. The Bertz CT molecular complexity index is 1480. The van der Waals surface area contributed by atoms with Gasteiger partial charge in [-0.3, -0.25) is 0 Å². The second-order valence-corrected chi connectivity index (χ2v) is 13.3. The van der Waals surface area contributed by atoms with Crippen molar-refractivity contribution in [1.29, 1.82) is 0 Å². The second-order valence-electron chi connectivity index (χ2n) is 13.3. The number of ether oxygens (including phenoxy) is 1. The molecular weight excluding hydrogens is 584 g/mol. The van der Waals surface area contributed by atoms with Crippen LogP contribution in [-0.2, 0) is 0 Å². The Morgan fingerprint density at radius 1 is 0.696 bits per heavy atom. The molecule has 0 saturated heterocycles. The predicted molar refractivity (Wildman–Crippen MR) is 182 cm³/mol. The molecule has 1 nitrogen and oxygen atoms in total. The molecule has 0 radical (unpaired) electrons. The van der Waals surface area contributed by atoms with E-state index in [4.69, 9.17) is 4.74 Å². The fourth-order valence-corrected chi connectivity index (χ4v) is 7.46. The lowest BCUT2D eigenvalue weighted by Crippen LogP contribution is -2.23. The van der Waals surface area contributed by atoms with Crippen molar-refractivity contribution < 1.29 is 22.3 Å². The minimum atomic E-state index is -1.05. The lowest BCUT2D eigenvalue weighted by atomic mass is 9.70. The first-order valence-corrected chi connectivity index (χ1v) is 17.4. The van der Waals surface area contributed by atoms with E-state index in [0.717, 1.165) is 43.1 Å². The Morgan fingerprint density at radius 3 is 1.96 bits per heavy atom. The summed E-state index contributed by atoms with van der Waals surface area (Å²) in [6, 6.07) is 12.6. The highest BCUT2D eigenvalue weighted by Gasteiger charge is 2.29. The van der Waals surface area contributed by atoms with Gasteiger partial charge in [-0.2, -0.15) is 4.39 Å². The van der Waals surface area contributed by atoms with Crippen molar-refractivity contribution in [3.05, 3.63) is 96.1 Å². The van der Waals surface area contributed by atoms with Gasteiger partial charge in [-0.05, 0) is 91.5 Å². The van der Waals surface area contributed by atoms with Crippen molar-refractivity contribution in [2.45, 2.75) is 96.8 Å². The molecule has 1 saturated carbocycles. The summed E-state index contributed by atoms with van der Waals surface area (Å²) in [5, 5.41) is 0. The van der Waals surface area contributed by atoms with Gasteiger partial charge in [0.15, 0.2) is 23.2 Å². The van der Waals surface area contributed by atoms with Crippen molar-refractivity contribution >= 4 is 5.57 Å². The van der Waals surface area contributed by atoms with E-state index in [0.29, 0.717) is 29.0 Å². The standard InChI is InChI=1S/C41H48F4O/c1-3-5-7-8-10-28-11-13-29(14-12-28)30-15-17-31(18-16-30)34-23-24-35(39(43)38(34)42)32-19-21-33(22-20-32)36-25-26-37(41(45)40(36)44)46-27-9-6-4-2/h4,17,19-26,28-30H,2-3,5-16,18,27H2,1H3. The van der Waals surface area contributed by atoms with Crippen LogP contribution in [0, 0.1) is 41.0 Å². The van der Waals surface area contributed by atoms with E-state index in [1.807, 2.05) is 0 Å². The third kappa shape index (κ3) is 8.14. The monoisotopic (exact) mass is 632 g/mol. The van der Waals surface area contributed by atoms with Crippen LogP contribution >= 0.6 is 0 Å². The first kappa shape index (κ1) is 34.0. The summed E-state index contributed by atoms with van der Waals surface area (Å²) in [5.41, 5.74) is 2.35. The molecular formula is C41H48F4O. The minimum Gasteiger partial charge on any atom is -0.490 e. The third-order valence-corrected chi connectivity index (χ3v) is 10.3. The van der Waals surface area contributed by atoms with Crippen molar-refractivity contribution in [3.63, 3.8) is 0 Å². The summed E-state index contributed by atoms with van der Waals surface area (Å²) in [5.74, 6) is -1.63. The van der Waals surface area contributed by atoms with Crippen molar-refractivity contribution in [3.8, 4) is 28.0 Å². The van der Waals surface area contributed by atoms with Crippen molar-refractivity contribution in [2.24, 2.45) is 17.8 Å². The maximum atomic E-state index is 15.5. The smallest absolute Gasteiger partial charge is 0.201 e. The van der Waals surface area contributed by atoms with Gasteiger partial charge in [0, 0.05) is 16.7 Å². The van der Waals surface area contributed by atoms with Crippen LogP contribution in [0.1, 0.15) is 102 Å². The van der Waals surface area contributed by atoms with E-state index < -0.39 is 23.3 Å². The second kappa shape index (κ2) is 16.5. The molecule has 0 N–H and O–H groups in total. The highest BCUT2D eigenvalue weighted by molar-refractivity contribution is 5.74. The number of unbranched alkanes of at least 4 members (excludes halogenated alkanes) is 4. The zero-order valence-electron chi connectivity index (χ0n) is 27.2. The average molecular weight is 633 g/mol. The molecule has 3 aromatic carbocycles. The molecule has 0 aliphatic heterocycles. The quantitative estimate of drug-likeness (QED) is 0.0976. The lowest BCUT2D eigenvalue weighted by Gasteiger charge is -2.35. The zero-order chi connectivity index (χ0) is 32.5. The normalized spacial score (nSPS) is 19.9. The molecule has 3 aromatic rings. The number of benzene rings is 3. The number of halogens is 4. The van der Waals surface area contributed by atoms with Gasteiger partial charge in [0.05, 0.1) is 6.61 Å². The number of hydrogen-bond acceptors (Lipinski definition) is 1. The Morgan fingerprint density at radius 2 is 1.33 bits per heavy atom. The van der Waals surface area contributed by atoms with E-state index >= 15 is 8.78 Å². The Balaban J connectivity index is 1.20. The first-order chi connectivity index (χ1) is 22.4. The molecule has 46 heavy (non-hydrogen) atoms. The molecule has 1 atom stereocenters. The summed E-state index contributed by atoms with van der Waals surface area (Å²) in [7, 11) is 0. The van der Waals surface area contributed by atoms with Gasteiger partial charge in [-0.1, -0.05) is 100 Å². The maximum absolute atomic E-state index is 15.5. The van der Waals surface area contributed by atoms with Crippen LogP contribution in [0.25, 0.3) is 27.8 Å². The van der Waals surface area contributed by atoms with Gasteiger partial charge in [0.1, 0.15) is 0 Å².